The van der Waals surface area contributed by atoms with Gasteiger partial charge < -0.3 is 4.74 Å². The molecule has 0 saturated heterocycles. The molecule has 0 radical (unpaired) electrons. The Morgan fingerprint density at radius 3 is 1.85 bits per heavy atom. The molecule has 7 heteroatoms. The van der Waals surface area contributed by atoms with Crippen LogP contribution in [0.2, 0.25) is 0 Å². The van der Waals surface area contributed by atoms with Crippen molar-refractivity contribution in [2.45, 2.75) is 38.7 Å². The smallest absolute Gasteiger partial charge is 0.423 e. The van der Waals surface area contributed by atoms with Crippen LogP contribution < -0.4 is 4.74 Å². The van der Waals surface area contributed by atoms with Gasteiger partial charge in [0, 0.05) is 0 Å². The van der Waals surface area contributed by atoms with Gasteiger partial charge >= 0.3 is 6.11 Å². The number of benzene rings is 2. The zero-order valence-corrected chi connectivity index (χ0v) is 14.5. The van der Waals surface area contributed by atoms with Gasteiger partial charge in [-0.05, 0) is 48.1 Å². The number of hydrogen-bond donors (Lipinski definition) is 0. The highest BCUT2D eigenvalue weighted by Gasteiger charge is 2.33. The lowest BCUT2D eigenvalue weighted by Crippen LogP contribution is -2.23. The van der Waals surface area contributed by atoms with Crippen LogP contribution in [0.3, 0.4) is 0 Å². The molecule has 2 aromatic carbocycles. The van der Waals surface area contributed by atoms with Crippen molar-refractivity contribution in [1.29, 1.82) is 0 Å². The van der Waals surface area contributed by atoms with E-state index >= 15 is 0 Å². The molecule has 27 heavy (non-hydrogen) atoms. The maximum atomic E-state index is 13.9. The fraction of sp³-hybridized carbons (Fsp3) is 0.300. The van der Waals surface area contributed by atoms with Crippen molar-refractivity contribution in [3.63, 3.8) is 0 Å². The number of rotatable bonds is 8. The highest BCUT2D eigenvalue weighted by atomic mass is 19.3. The quantitative estimate of drug-likeness (QED) is 0.472. The van der Waals surface area contributed by atoms with Crippen molar-refractivity contribution in [1.82, 2.24) is 0 Å². The van der Waals surface area contributed by atoms with Crippen molar-refractivity contribution >= 4 is 0 Å². The highest BCUT2D eigenvalue weighted by molar-refractivity contribution is 5.33. The maximum absolute atomic E-state index is 13.9. The van der Waals surface area contributed by atoms with Crippen molar-refractivity contribution in [3.05, 3.63) is 76.9 Å². The van der Waals surface area contributed by atoms with Gasteiger partial charge in [0.2, 0.25) is 0 Å². The van der Waals surface area contributed by atoms with Crippen LogP contribution in [0.15, 0.2) is 48.6 Å². The molecule has 0 saturated carbocycles. The molecule has 0 aliphatic heterocycles. The third-order valence-electron chi connectivity index (χ3n) is 3.84. The molecule has 0 heterocycles. The Hall–Kier alpha value is -2.44. The van der Waals surface area contributed by atoms with Crippen LogP contribution in [0.25, 0.3) is 0 Å². The fourth-order valence-corrected chi connectivity index (χ4v) is 2.60. The molecular weight excluding hydrogens is 370 g/mol. The Bertz CT molecular complexity index is 772. The molecule has 0 fully saturated rings. The minimum absolute atomic E-state index is 0.241. The van der Waals surface area contributed by atoms with E-state index in [2.05, 4.69) is 11.7 Å². The summed E-state index contributed by atoms with van der Waals surface area (Å²) < 4.78 is 81.9. The van der Waals surface area contributed by atoms with Gasteiger partial charge in [-0.3, -0.25) is 0 Å². The summed E-state index contributed by atoms with van der Waals surface area (Å²) >= 11 is 0. The number of alkyl halides is 2. The van der Waals surface area contributed by atoms with Gasteiger partial charge in [-0.1, -0.05) is 37.6 Å². The predicted molar refractivity (Wildman–Crippen MR) is 90.1 cm³/mol. The predicted octanol–water partition coefficient (Wildman–Crippen LogP) is 6.45. The van der Waals surface area contributed by atoms with E-state index in [0.717, 1.165) is 30.5 Å². The lowest BCUT2D eigenvalue weighted by atomic mass is 10.0. The summed E-state index contributed by atoms with van der Waals surface area (Å²) in [6.45, 7) is 2.07. The molecule has 0 spiro atoms. The normalized spacial score (nSPS) is 11.4. The Labute approximate surface area is 153 Å². The molecule has 0 aromatic heterocycles. The molecule has 0 amide bonds. The second-order valence-electron chi connectivity index (χ2n) is 6.05. The fourth-order valence-electron chi connectivity index (χ4n) is 2.60. The van der Waals surface area contributed by atoms with Crippen LogP contribution in [-0.2, 0) is 19.3 Å². The number of halogens is 6. The molecule has 0 bridgehead atoms. The molecule has 2 rings (SSSR count). The topological polar surface area (TPSA) is 9.23 Å². The van der Waals surface area contributed by atoms with E-state index in [1.165, 1.54) is 5.56 Å². The second kappa shape index (κ2) is 8.97. The summed E-state index contributed by atoms with van der Waals surface area (Å²) in [4.78, 5) is 0. The summed E-state index contributed by atoms with van der Waals surface area (Å²) in [5.41, 5.74) is 2.40. The minimum Gasteiger partial charge on any atom is -0.423 e. The largest absolute Gasteiger partial charge is 0.425 e. The zero-order chi connectivity index (χ0) is 20.0. The molecule has 0 N–H and O–H groups in total. The number of ether oxygens (including phenoxy) is 1. The Balaban J connectivity index is 2.08. The molecular formula is C20H18F6O. The summed E-state index contributed by atoms with van der Waals surface area (Å²) in [6.07, 6.45) is -5.30. The van der Waals surface area contributed by atoms with E-state index in [-0.39, 0.29) is 12.0 Å². The average molecular weight is 388 g/mol. The number of aryl methyl sites for hydroxylation is 3. The van der Waals surface area contributed by atoms with E-state index < -0.39 is 35.6 Å². The van der Waals surface area contributed by atoms with E-state index in [9.17, 15) is 26.3 Å². The monoisotopic (exact) mass is 388 g/mol. The van der Waals surface area contributed by atoms with E-state index in [4.69, 9.17) is 0 Å². The summed E-state index contributed by atoms with van der Waals surface area (Å²) in [5.74, 6) is -4.16. The summed E-state index contributed by atoms with van der Waals surface area (Å²) in [5, 5.41) is 0. The van der Waals surface area contributed by atoms with Crippen molar-refractivity contribution < 1.29 is 31.1 Å². The van der Waals surface area contributed by atoms with Gasteiger partial charge in [-0.15, -0.1) is 0 Å². The second-order valence-corrected chi connectivity index (χ2v) is 6.05. The Morgan fingerprint density at radius 2 is 1.37 bits per heavy atom. The average Bonchev–Trinajstić information content (AvgIpc) is 2.57. The van der Waals surface area contributed by atoms with Gasteiger partial charge in [0.1, 0.15) is 0 Å². The molecule has 0 unspecified atom stereocenters. The Kier molecular flexibility index (Phi) is 6.93. The molecule has 0 atom stereocenters. The first-order valence-electron chi connectivity index (χ1n) is 8.36. The van der Waals surface area contributed by atoms with Crippen LogP contribution in [-0.4, -0.2) is 6.11 Å². The summed E-state index contributed by atoms with van der Waals surface area (Å²) in [7, 11) is 0. The van der Waals surface area contributed by atoms with Crippen molar-refractivity contribution in [3.8, 4) is 5.75 Å². The molecule has 0 aliphatic carbocycles. The SMILES string of the molecule is CCCc1ccc(CCc2cc(F)c(OC(F)(F)C=C(F)F)c(F)c2)cc1. The van der Waals surface area contributed by atoms with E-state index in [1.54, 1.807) is 0 Å². The minimum atomic E-state index is -4.53. The van der Waals surface area contributed by atoms with Gasteiger partial charge in [0.15, 0.2) is 17.4 Å². The third kappa shape index (κ3) is 6.34. The lowest BCUT2D eigenvalue weighted by Gasteiger charge is -2.15. The number of hydrogen-bond acceptors (Lipinski definition) is 1. The van der Waals surface area contributed by atoms with Gasteiger partial charge in [-0.25, -0.2) is 8.78 Å². The first-order valence-corrected chi connectivity index (χ1v) is 8.36. The molecule has 2 aromatic rings. The maximum Gasteiger partial charge on any atom is 0.425 e. The van der Waals surface area contributed by atoms with Crippen LogP contribution >= 0.6 is 0 Å². The van der Waals surface area contributed by atoms with Crippen LogP contribution in [0.4, 0.5) is 26.3 Å². The van der Waals surface area contributed by atoms with Crippen LogP contribution in [0.5, 0.6) is 5.75 Å². The molecule has 0 aliphatic rings. The van der Waals surface area contributed by atoms with Gasteiger partial charge in [-0.2, -0.15) is 17.6 Å². The van der Waals surface area contributed by atoms with E-state index in [1.807, 2.05) is 24.3 Å². The summed E-state index contributed by atoms with van der Waals surface area (Å²) in [6, 6.07) is 9.53. The van der Waals surface area contributed by atoms with Crippen LogP contribution in [0, 0.1) is 11.6 Å². The van der Waals surface area contributed by atoms with Crippen LogP contribution in [0.1, 0.15) is 30.0 Å². The molecule has 1 nitrogen and oxygen atoms in total. The van der Waals surface area contributed by atoms with Gasteiger partial charge in [0.05, 0.1) is 6.08 Å². The first kappa shape index (κ1) is 20.9. The van der Waals surface area contributed by atoms with Crippen molar-refractivity contribution in [2.24, 2.45) is 0 Å². The first-order chi connectivity index (χ1) is 12.7. The Morgan fingerprint density at radius 1 is 0.889 bits per heavy atom. The molecule has 146 valence electrons. The lowest BCUT2D eigenvalue weighted by molar-refractivity contribution is -0.137. The van der Waals surface area contributed by atoms with E-state index in [0.29, 0.717) is 6.42 Å². The zero-order valence-electron chi connectivity index (χ0n) is 14.5. The van der Waals surface area contributed by atoms with Crippen molar-refractivity contribution in [2.75, 3.05) is 0 Å². The third-order valence-corrected chi connectivity index (χ3v) is 3.84. The highest BCUT2D eigenvalue weighted by Crippen LogP contribution is 2.30. The standard InChI is InChI=1S/C20H18F6O/c1-2-3-13-4-6-14(7-5-13)8-9-15-10-16(21)19(17(22)11-15)27-20(25,26)12-18(23)24/h4-7,10-12H,2-3,8-9H2,1H3. The van der Waals surface area contributed by atoms with Gasteiger partial charge in [0.25, 0.3) is 6.08 Å².